The van der Waals surface area contributed by atoms with Crippen LogP contribution in [0.5, 0.6) is 5.75 Å². The second kappa shape index (κ2) is 12.7. The number of rotatable bonds is 10. The monoisotopic (exact) mass is 505 g/mol. The molecule has 1 saturated carbocycles. The van der Waals surface area contributed by atoms with E-state index < -0.39 is 5.97 Å². The Morgan fingerprint density at radius 2 is 1.69 bits per heavy atom. The van der Waals surface area contributed by atoms with Crippen molar-refractivity contribution in [3.05, 3.63) is 70.6 Å². The first kappa shape index (κ1) is 26.0. The molecule has 0 saturated heterocycles. The molecule has 0 atom stereocenters. The average Bonchev–Trinajstić information content (AvgIpc) is 3.35. The van der Waals surface area contributed by atoms with Crippen molar-refractivity contribution in [2.45, 2.75) is 64.2 Å². The van der Waals surface area contributed by atoms with Crippen LogP contribution in [0.2, 0.25) is 0 Å². The van der Waals surface area contributed by atoms with Gasteiger partial charge in [-0.05, 0) is 60.6 Å². The van der Waals surface area contributed by atoms with Crippen molar-refractivity contribution in [2.24, 2.45) is 0 Å². The van der Waals surface area contributed by atoms with Crippen molar-refractivity contribution in [3.8, 4) is 16.9 Å². The lowest BCUT2D eigenvalue weighted by Crippen LogP contribution is -2.14. The van der Waals surface area contributed by atoms with Crippen LogP contribution < -0.4 is 10.1 Å². The summed E-state index contributed by atoms with van der Waals surface area (Å²) in [5.41, 5.74) is 3.96. The number of thiophene rings is 1. The summed E-state index contributed by atoms with van der Waals surface area (Å²) in [4.78, 5) is 25.7. The zero-order chi connectivity index (χ0) is 25.3. The number of nitrogens with one attached hydrogen (secondary N) is 1. The number of ether oxygens (including phenoxy) is 2. The Morgan fingerprint density at radius 1 is 0.972 bits per heavy atom. The summed E-state index contributed by atoms with van der Waals surface area (Å²) in [7, 11) is 1.36. The Hall–Kier alpha value is -3.12. The summed E-state index contributed by atoms with van der Waals surface area (Å²) in [6.07, 6.45) is 9.70. The molecule has 0 spiro atoms. The van der Waals surface area contributed by atoms with Crippen LogP contribution in [0.4, 0.5) is 5.00 Å². The molecule has 36 heavy (non-hydrogen) atoms. The molecule has 0 bridgehead atoms. The van der Waals surface area contributed by atoms with Gasteiger partial charge in [-0.15, -0.1) is 11.3 Å². The van der Waals surface area contributed by atoms with Gasteiger partial charge in [0, 0.05) is 16.5 Å². The molecular formula is C30H35NO4S. The molecule has 0 radical (unpaired) electrons. The maximum absolute atomic E-state index is 13.0. The van der Waals surface area contributed by atoms with Crippen molar-refractivity contribution in [3.63, 3.8) is 0 Å². The van der Waals surface area contributed by atoms with Crippen molar-refractivity contribution in [2.75, 3.05) is 19.0 Å². The molecule has 1 amide bonds. The van der Waals surface area contributed by atoms with Crippen LogP contribution in [-0.2, 0) is 4.74 Å². The minimum absolute atomic E-state index is 0.279. The third kappa shape index (κ3) is 6.35. The van der Waals surface area contributed by atoms with E-state index in [9.17, 15) is 9.59 Å². The molecule has 4 rings (SSSR count). The Kier molecular flexibility index (Phi) is 9.17. The Balaban J connectivity index is 1.48. The molecule has 2 aromatic carbocycles. The number of carbonyl (C=O) groups excluding carboxylic acids is 2. The van der Waals surface area contributed by atoms with Crippen molar-refractivity contribution in [1.82, 2.24) is 0 Å². The summed E-state index contributed by atoms with van der Waals surface area (Å²) in [5.74, 6) is 0.624. The second-order valence-corrected chi connectivity index (χ2v) is 10.2. The van der Waals surface area contributed by atoms with Crippen LogP contribution in [0, 0.1) is 0 Å². The smallest absolute Gasteiger partial charge is 0.341 e. The van der Waals surface area contributed by atoms with Crippen LogP contribution in [0.25, 0.3) is 11.1 Å². The largest absolute Gasteiger partial charge is 0.494 e. The summed E-state index contributed by atoms with van der Waals surface area (Å²) >= 11 is 1.33. The van der Waals surface area contributed by atoms with Crippen LogP contribution in [0.15, 0.2) is 53.9 Å². The van der Waals surface area contributed by atoms with Gasteiger partial charge in [-0.25, -0.2) is 4.79 Å². The molecular weight excluding hydrogens is 470 g/mol. The van der Waals surface area contributed by atoms with Crippen LogP contribution in [-0.4, -0.2) is 25.6 Å². The number of unbranched alkanes of at least 4 members (excludes halogenated alkanes) is 2. The molecule has 5 nitrogen and oxygen atoms in total. The van der Waals surface area contributed by atoms with E-state index in [1.54, 1.807) is 24.3 Å². The van der Waals surface area contributed by atoms with Gasteiger partial charge in [0.2, 0.25) is 0 Å². The summed E-state index contributed by atoms with van der Waals surface area (Å²) in [6, 6.07) is 15.6. The van der Waals surface area contributed by atoms with Gasteiger partial charge in [0.25, 0.3) is 5.91 Å². The van der Waals surface area contributed by atoms with E-state index in [0.29, 0.717) is 28.7 Å². The molecule has 1 aromatic heterocycles. The number of hydrogen-bond acceptors (Lipinski definition) is 5. The first-order chi connectivity index (χ1) is 17.6. The standard InChI is InChI=1S/C30H35NO4S/c1-3-4-8-19-35-25-17-15-24(16-18-25)28(32)31-29-27(30(33)34-2)26(20-36-29)23-13-11-22(12-14-23)21-9-6-5-7-10-21/h11-18,20-21H,3-10,19H2,1-2H3,(H,31,32). The summed E-state index contributed by atoms with van der Waals surface area (Å²) < 4.78 is 10.8. The lowest BCUT2D eigenvalue weighted by Gasteiger charge is -2.22. The maximum Gasteiger partial charge on any atom is 0.341 e. The summed E-state index contributed by atoms with van der Waals surface area (Å²) in [6.45, 7) is 2.82. The van der Waals surface area contributed by atoms with E-state index in [1.165, 1.54) is 56.1 Å². The van der Waals surface area contributed by atoms with E-state index in [-0.39, 0.29) is 5.91 Å². The molecule has 0 aliphatic heterocycles. The number of benzene rings is 2. The quantitative estimate of drug-likeness (QED) is 0.223. The number of esters is 1. The fourth-order valence-electron chi connectivity index (χ4n) is 4.76. The first-order valence-corrected chi connectivity index (χ1v) is 13.8. The van der Waals surface area contributed by atoms with Gasteiger partial charge in [0.1, 0.15) is 16.3 Å². The molecule has 3 aromatic rings. The molecule has 6 heteroatoms. The van der Waals surface area contributed by atoms with Crippen molar-refractivity contribution < 1.29 is 19.1 Å². The van der Waals surface area contributed by atoms with Gasteiger partial charge in [-0.1, -0.05) is 63.3 Å². The van der Waals surface area contributed by atoms with E-state index in [4.69, 9.17) is 9.47 Å². The number of carbonyl (C=O) groups is 2. The third-order valence-electron chi connectivity index (χ3n) is 6.84. The van der Waals surface area contributed by atoms with Crippen molar-refractivity contribution in [1.29, 1.82) is 0 Å². The molecule has 1 N–H and O–H groups in total. The normalized spacial score (nSPS) is 13.8. The van der Waals surface area contributed by atoms with Crippen molar-refractivity contribution >= 4 is 28.2 Å². The third-order valence-corrected chi connectivity index (χ3v) is 7.73. The van der Waals surface area contributed by atoms with Gasteiger partial charge in [0.05, 0.1) is 13.7 Å². The predicted octanol–water partition coefficient (Wildman–Crippen LogP) is 8.07. The minimum atomic E-state index is -0.464. The highest BCUT2D eigenvalue weighted by Gasteiger charge is 2.23. The lowest BCUT2D eigenvalue weighted by molar-refractivity contribution is 0.0603. The topological polar surface area (TPSA) is 64.6 Å². The fraction of sp³-hybridized carbons (Fsp3) is 0.400. The van der Waals surface area contributed by atoms with E-state index in [0.717, 1.165) is 36.1 Å². The second-order valence-electron chi connectivity index (χ2n) is 9.34. The average molecular weight is 506 g/mol. The van der Waals surface area contributed by atoms with E-state index in [2.05, 4.69) is 36.5 Å². The van der Waals surface area contributed by atoms with Crippen LogP contribution >= 0.6 is 11.3 Å². The minimum Gasteiger partial charge on any atom is -0.494 e. The zero-order valence-electron chi connectivity index (χ0n) is 21.2. The number of amides is 1. The van der Waals surface area contributed by atoms with Gasteiger partial charge in [0.15, 0.2) is 0 Å². The summed E-state index contributed by atoms with van der Waals surface area (Å²) in [5, 5.41) is 5.30. The van der Waals surface area contributed by atoms with Gasteiger partial charge >= 0.3 is 5.97 Å². The Labute approximate surface area is 217 Å². The highest BCUT2D eigenvalue weighted by atomic mass is 32.1. The highest BCUT2D eigenvalue weighted by Crippen LogP contribution is 2.38. The molecule has 0 unspecified atom stereocenters. The molecule has 1 aliphatic rings. The van der Waals surface area contributed by atoms with Crippen LogP contribution in [0.1, 0.15) is 90.5 Å². The van der Waals surface area contributed by atoms with Gasteiger partial charge in [-0.2, -0.15) is 0 Å². The van der Waals surface area contributed by atoms with Crippen LogP contribution in [0.3, 0.4) is 0 Å². The molecule has 1 heterocycles. The highest BCUT2D eigenvalue weighted by molar-refractivity contribution is 7.15. The number of anilines is 1. The van der Waals surface area contributed by atoms with Gasteiger partial charge in [-0.3, -0.25) is 4.79 Å². The first-order valence-electron chi connectivity index (χ1n) is 12.9. The van der Waals surface area contributed by atoms with Gasteiger partial charge < -0.3 is 14.8 Å². The molecule has 1 fully saturated rings. The maximum atomic E-state index is 13.0. The lowest BCUT2D eigenvalue weighted by atomic mass is 9.83. The number of hydrogen-bond donors (Lipinski definition) is 1. The zero-order valence-corrected chi connectivity index (χ0v) is 22.0. The van der Waals surface area contributed by atoms with E-state index >= 15 is 0 Å². The fourth-order valence-corrected chi connectivity index (χ4v) is 5.71. The predicted molar refractivity (Wildman–Crippen MR) is 146 cm³/mol. The SMILES string of the molecule is CCCCCOc1ccc(C(=O)Nc2scc(-c3ccc(C4CCCCC4)cc3)c2C(=O)OC)cc1. The molecule has 190 valence electrons. The number of methoxy groups -OCH3 is 1. The van der Waals surface area contributed by atoms with E-state index in [1.807, 2.05) is 5.38 Å². The molecule has 1 aliphatic carbocycles. The Bertz CT molecular complexity index is 1140. The Morgan fingerprint density at radius 3 is 2.36 bits per heavy atom.